The molecule has 0 bridgehead atoms. The summed E-state index contributed by atoms with van der Waals surface area (Å²) in [5.41, 5.74) is 0. The minimum Gasteiger partial charge on any atom is -0.549 e. The van der Waals surface area contributed by atoms with Crippen LogP contribution in [0.2, 0.25) is 0 Å². The number of aliphatic carboxylic acids is 2. The number of hydrogen-bond acceptors (Lipinski definition) is 4. The van der Waals surface area contributed by atoms with Gasteiger partial charge in [0, 0.05) is 28.3 Å². The minimum atomic E-state index is -1.64. The molecule has 1 radical (unpaired) electrons. The van der Waals surface area contributed by atoms with Gasteiger partial charge in [0.15, 0.2) is 0 Å². The van der Waals surface area contributed by atoms with Gasteiger partial charge >= 0.3 is 0 Å². The summed E-state index contributed by atoms with van der Waals surface area (Å²) in [6, 6.07) is 0. The van der Waals surface area contributed by atoms with Gasteiger partial charge in [-0.1, -0.05) is 6.08 Å². The van der Waals surface area contributed by atoms with Crippen LogP contribution in [0.4, 0.5) is 0 Å². The molecule has 0 heterocycles. The molecule has 0 aromatic rings. The molecule has 0 N–H and O–H groups in total. The van der Waals surface area contributed by atoms with Crippen molar-refractivity contribution in [2.45, 2.75) is 6.42 Å². The van der Waals surface area contributed by atoms with Gasteiger partial charge in [0.2, 0.25) is 0 Å². The first-order valence-corrected chi connectivity index (χ1v) is 2.62. The third-order valence-corrected chi connectivity index (χ3v) is 0.971. The van der Waals surface area contributed by atoms with Crippen LogP contribution in [0.15, 0.2) is 12.7 Å². The molecule has 0 aliphatic carbocycles. The first kappa shape index (κ1) is 13.0. The van der Waals surface area contributed by atoms with E-state index in [0.29, 0.717) is 0 Å². The fourth-order valence-corrected chi connectivity index (χ4v) is 0.455. The van der Waals surface area contributed by atoms with E-state index < -0.39 is 17.9 Å². The zero-order valence-corrected chi connectivity index (χ0v) is 6.99. The first-order valence-electron chi connectivity index (χ1n) is 2.62. The van der Waals surface area contributed by atoms with Gasteiger partial charge in [-0.25, -0.2) is 0 Å². The Bertz CT molecular complexity index is 152. The molecule has 0 atom stereocenters. The minimum absolute atomic E-state index is 0. The smallest absolute Gasteiger partial charge is 0.0504 e. The van der Waals surface area contributed by atoms with E-state index in [1.165, 1.54) is 6.08 Å². The second-order valence-corrected chi connectivity index (χ2v) is 1.72. The molecule has 11 heavy (non-hydrogen) atoms. The third-order valence-electron chi connectivity index (χ3n) is 0.971. The van der Waals surface area contributed by atoms with E-state index in [1.807, 2.05) is 0 Å². The van der Waals surface area contributed by atoms with E-state index in [9.17, 15) is 19.8 Å². The Kier molecular flexibility index (Phi) is 7.29. The monoisotopic (exact) mass is 249 g/mol. The van der Waals surface area contributed by atoms with Crippen molar-refractivity contribution >= 4 is 11.9 Å². The summed E-state index contributed by atoms with van der Waals surface area (Å²) >= 11 is 0. The van der Waals surface area contributed by atoms with Crippen molar-refractivity contribution in [1.82, 2.24) is 0 Å². The predicted octanol–water partition coefficient (Wildman–Crippen LogP) is -2.32. The van der Waals surface area contributed by atoms with Crippen LogP contribution in [0, 0.1) is 5.92 Å². The van der Waals surface area contributed by atoms with Gasteiger partial charge in [-0.2, -0.15) is 0 Å². The standard InChI is InChI=1S/C6H8O4.Ag/c1-2-3-4(5(7)8)6(9)10;/h2,4H,1,3H2,(H,7,8)(H,9,10);/p-2. The average molecular weight is 250 g/mol. The summed E-state index contributed by atoms with van der Waals surface area (Å²) in [6.07, 6.45) is 1.03. The maximum atomic E-state index is 9.95. The molecule has 0 fully saturated rings. The van der Waals surface area contributed by atoms with E-state index in [0.717, 1.165) is 0 Å². The SMILES string of the molecule is C=CCC(C(=O)[O-])C(=O)[O-].[Ag]. The van der Waals surface area contributed by atoms with Crippen LogP contribution in [0.3, 0.4) is 0 Å². The van der Waals surface area contributed by atoms with Gasteiger partial charge in [-0.15, -0.1) is 6.58 Å². The van der Waals surface area contributed by atoms with Gasteiger partial charge in [0.05, 0.1) is 11.9 Å². The molecule has 0 spiro atoms. The predicted molar refractivity (Wildman–Crippen MR) is 28.3 cm³/mol. The van der Waals surface area contributed by atoms with Gasteiger partial charge in [-0.05, 0) is 6.42 Å². The number of carbonyl (C=O) groups is 2. The number of carboxylic acids is 2. The van der Waals surface area contributed by atoms with E-state index in [4.69, 9.17) is 0 Å². The first-order chi connectivity index (χ1) is 4.59. The molecule has 0 saturated carbocycles. The Morgan fingerprint density at radius 3 is 1.82 bits per heavy atom. The molecule has 0 aliphatic rings. The Hall–Kier alpha value is -0.580. The summed E-state index contributed by atoms with van der Waals surface area (Å²) in [5, 5.41) is 19.9. The molecular weight excluding hydrogens is 244 g/mol. The number of rotatable bonds is 4. The van der Waals surface area contributed by atoms with Gasteiger partial charge in [-0.3, -0.25) is 0 Å². The van der Waals surface area contributed by atoms with E-state index in [1.54, 1.807) is 0 Å². The maximum absolute atomic E-state index is 9.95. The summed E-state index contributed by atoms with van der Waals surface area (Å²) in [7, 11) is 0. The van der Waals surface area contributed by atoms with Gasteiger partial charge in [0.1, 0.15) is 0 Å². The maximum Gasteiger partial charge on any atom is 0.0504 e. The third kappa shape index (κ3) is 4.78. The molecule has 4 nitrogen and oxygen atoms in total. The Morgan fingerprint density at radius 1 is 1.36 bits per heavy atom. The van der Waals surface area contributed by atoms with Crippen molar-refractivity contribution in [3.63, 3.8) is 0 Å². The van der Waals surface area contributed by atoms with Crippen molar-refractivity contribution in [2.75, 3.05) is 0 Å². The second-order valence-electron chi connectivity index (χ2n) is 1.72. The Labute approximate surface area is 79.4 Å². The largest absolute Gasteiger partial charge is 0.549 e. The molecule has 0 aliphatic heterocycles. The number of carboxylic acid groups (broad SMARTS) is 2. The van der Waals surface area contributed by atoms with Gasteiger partial charge < -0.3 is 19.8 Å². The molecule has 0 rings (SSSR count). The number of carbonyl (C=O) groups excluding carboxylic acids is 2. The zero-order chi connectivity index (χ0) is 8.15. The normalized spacial score (nSPS) is 8.45. The Morgan fingerprint density at radius 2 is 1.73 bits per heavy atom. The molecule has 0 unspecified atom stereocenters. The van der Waals surface area contributed by atoms with E-state index in [2.05, 4.69) is 6.58 Å². The molecular formula is C6H6AgO4-2. The summed E-state index contributed by atoms with van der Waals surface area (Å²) in [6.45, 7) is 3.18. The average Bonchev–Trinajstić information content (AvgIpc) is 1.81. The number of hydrogen-bond donors (Lipinski definition) is 0. The topological polar surface area (TPSA) is 80.3 Å². The van der Waals surface area contributed by atoms with E-state index in [-0.39, 0.29) is 28.8 Å². The molecule has 0 amide bonds. The number of allylic oxidation sites excluding steroid dienone is 1. The fraction of sp³-hybridized carbons (Fsp3) is 0.333. The fourth-order valence-electron chi connectivity index (χ4n) is 0.455. The van der Waals surface area contributed by atoms with Crippen molar-refractivity contribution in [1.29, 1.82) is 0 Å². The summed E-state index contributed by atoms with van der Waals surface area (Å²) in [4.78, 5) is 19.9. The van der Waals surface area contributed by atoms with Crippen LogP contribution in [0.25, 0.3) is 0 Å². The Balaban J connectivity index is 0. The zero-order valence-electron chi connectivity index (χ0n) is 5.50. The summed E-state index contributed by atoms with van der Waals surface area (Å²) < 4.78 is 0. The molecule has 0 saturated heterocycles. The van der Waals surface area contributed by atoms with Crippen LogP contribution in [-0.4, -0.2) is 11.9 Å². The molecule has 0 aromatic heterocycles. The van der Waals surface area contributed by atoms with Crippen LogP contribution in [0.5, 0.6) is 0 Å². The van der Waals surface area contributed by atoms with Crippen LogP contribution in [-0.2, 0) is 32.0 Å². The summed E-state index contributed by atoms with van der Waals surface area (Å²) in [5.74, 6) is -4.85. The molecule has 0 aromatic carbocycles. The quantitative estimate of drug-likeness (QED) is 0.318. The van der Waals surface area contributed by atoms with Gasteiger partial charge in [0.25, 0.3) is 0 Å². The van der Waals surface area contributed by atoms with Crippen molar-refractivity contribution in [3.8, 4) is 0 Å². The van der Waals surface area contributed by atoms with Crippen molar-refractivity contribution in [2.24, 2.45) is 5.92 Å². The van der Waals surface area contributed by atoms with E-state index >= 15 is 0 Å². The second kappa shape index (κ2) is 6.15. The van der Waals surface area contributed by atoms with Crippen LogP contribution in [0.1, 0.15) is 6.42 Å². The van der Waals surface area contributed by atoms with Crippen molar-refractivity contribution < 1.29 is 42.2 Å². The van der Waals surface area contributed by atoms with Crippen molar-refractivity contribution in [3.05, 3.63) is 12.7 Å². The van der Waals surface area contributed by atoms with Crippen LogP contribution >= 0.6 is 0 Å². The molecule has 5 heteroatoms. The van der Waals surface area contributed by atoms with Crippen LogP contribution < -0.4 is 10.2 Å². The molecule has 67 valence electrons.